The Kier molecular flexibility index (Phi) is 5.61. The molecule has 2 aliphatic rings. The van der Waals surface area contributed by atoms with Gasteiger partial charge in [-0.3, -0.25) is 0 Å². The van der Waals surface area contributed by atoms with Crippen LogP contribution in [-0.4, -0.2) is 15.9 Å². The Morgan fingerprint density at radius 1 is 0.773 bits per heavy atom. The van der Waals surface area contributed by atoms with E-state index < -0.39 is 15.9 Å². The Bertz CT molecular complexity index is 426. The number of rotatable bonds is 4. The molecule has 0 aliphatic heterocycles. The Morgan fingerprint density at radius 3 is 1.68 bits per heavy atom. The largest absolute Gasteiger partial charge is 0.0706 e. The van der Waals surface area contributed by atoms with Crippen LogP contribution in [0.3, 0.4) is 0 Å². The van der Waals surface area contributed by atoms with Crippen LogP contribution in [-0.2, 0) is 0 Å². The van der Waals surface area contributed by atoms with Gasteiger partial charge in [0.1, 0.15) is 0 Å². The molecule has 0 radical (unpaired) electrons. The summed E-state index contributed by atoms with van der Waals surface area (Å²) in [6.45, 7) is 5.59. The standard InChI is InChI=1S/C20H34Si2/c1-21(18-12-6-3-7-13-18)22(2,19-14-8-4-9-15-19)20-16-10-5-11-17-20/h3,6-7,12-13,19-21H,4-5,8-11,14-17H2,1-2H3. The van der Waals surface area contributed by atoms with E-state index >= 15 is 0 Å². The lowest BCUT2D eigenvalue weighted by atomic mass is 9.99. The zero-order valence-electron chi connectivity index (χ0n) is 14.7. The molecule has 2 heteroatoms. The SMILES string of the molecule is C[SiH](c1ccccc1)[Si](C)(C1CCCCC1)C1CCCCC1. The second kappa shape index (κ2) is 7.48. The van der Waals surface area contributed by atoms with Gasteiger partial charge in [0.25, 0.3) is 0 Å². The molecule has 1 unspecified atom stereocenters. The molecule has 122 valence electrons. The molecule has 0 bridgehead atoms. The lowest BCUT2D eigenvalue weighted by Gasteiger charge is -2.49. The van der Waals surface area contributed by atoms with Gasteiger partial charge in [-0.15, -0.1) is 0 Å². The minimum absolute atomic E-state index is 0.798. The summed E-state index contributed by atoms with van der Waals surface area (Å²) in [6, 6.07) is 11.7. The third kappa shape index (κ3) is 3.28. The number of benzene rings is 1. The van der Waals surface area contributed by atoms with Crippen LogP contribution in [0.2, 0.25) is 24.2 Å². The number of hydrogen-bond donors (Lipinski definition) is 0. The maximum absolute atomic E-state index is 2.86. The van der Waals surface area contributed by atoms with Crippen LogP contribution in [0, 0.1) is 0 Å². The Balaban J connectivity index is 1.90. The highest BCUT2D eigenvalue weighted by Gasteiger charge is 2.48. The van der Waals surface area contributed by atoms with E-state index in [2.05, 4.69) is 43.4 Å². The molecule has 0 saturated heterocycles. The molecular weight excluding hydrogens is 296 g/mol. The highest BCUT2D eigenvalue weighted by atomic mass is 29.2. The first kappa shape index (κ1) is 16.5. The van der Waals surface area contributed by atoms with Crippen LogP contribution >= 0.6 is 0 Å². The molecular formula is C20H34Si2. The lowest BCUT2D eigenvalue weighted by Crippen LogP contribution is -2.60. The molecule has 2 saturated carbocycles. The topological polar surface area (TPSA) is 0 Å². The molecule has 0 spiro atoms. The highest BCUT2D eigenvalue weighted by molar-refractivity contribution is 7.38. The minimum Gasteiger partial charge on any atom is -0.0706 e. The van der Waals surface area contributed by atoms with E-state index in [1.165, 1.54) is 38.5 Å². The maximum Gasteiger partial charge on any atom is 0.0625 e. The Morgan fingerprint density at radius 2 is 1.23 bits per heavy atom. The van der Waals surface area contributed by atoms with Crippen LogP contribution in [0.4, 0.5) is 0 Å². The molecule has 2 aliphatic carbocycles. The summed E-state index contributed by atoms with van der Waals surface area (Å²) in [5.41, 5.74) is 2.29. The number of hydrogen-bond acceptors (Lipinski definition) is 0. The van der Waals surface area contributed by atoms with Crippen molar-refractivity contribution in [2.45, 2.75) is 88.4 Å². The first-order valence-corrected chi connectivity index (χ1v) is 16.0. The predicted molar refractivity (Wildman–Crippen MR) is 104 cm³/mol. The molecule has 0 heterocycles. The monoisotopic (exact) mass is 330 g/mol. The van der Waals surface area contributed by atoms with Crippen molar-refractivity contribution < 1.29 is 0 Å². The van der Waals surface area contributed by atoms with Gasteiger partial charge in [-0.1, -0.05) is 113 Å². The summed E-state index contributed by atoms with van der Waals surface area (Å²) in [4.78, 5) is 0. The average molecular weight is 331 g/mol. The second-order valence-electron chi connectivity index (χ2n) is 8.17. The molecule has 22 heavy (non-hydrogen) atoms. The van der Waals surface area contributed by atoms with Crippen LogP contribution in [0.25, 0.3) is 0 Å². The normalized spacial score (nSPS) is 23.4. The molecule has 1 aromatic rings. The summed E-state index contributed by atoms with van der Waals surface area (Å²) >= 11 is 0. The summed E-state index contributed by atoms with van der Waals surface area (Å²) in [7, 11) is -1.95. The van der Waals surface area contributed by atoms with Gasteiger partial charge in [0.15, 0.2) is 0 Å². The van der Waals surface area contributed by atoms with Crippen LogP contribution in [0.15, 0.2) is 30.3 Å². The molecule has 3 rings (SSSR count). The first-order chi connectivity index (χ1) is 10.7. The fraction of sp³-hybridized carbons (Fsp3) is 0.700. The van der Waals surface area contributed by atoms with Crippen LogP contribution < -0.4 is 5.19 Å². The molecule has 1 atom stereocenters. The summed E-state index contributed by atoms with van der Waals surface area (Å²) < 4.78 is 0. The highest BCUT2D eigenvalue weighted by Crippen LogP contribution is 2.49. The zero-order chi connectivity index (χ0) is 15.4. The third-order valence-corrected chi connectivity index (χ3v) is 24.6. The smallest absolute Gasteiger partial charge is 0.0625 e. The Labute approximate surface area is 140 Å². The quantitative estimate of drug-likeness (QED) is 0.633. The van der Waals surface area contributed by atoms with Crippen molar-refractivity contribution in [2.75, 3.05) is 0 Å². The molecule has 0 amide bonds. The van der Waals surface area contributed by atoms with E-state index in [1.807, 2.05) is 0 Å². The van der Waals surface area contributed by atoms with Gasteiger partial charge in [-0.05, 0) is 11.1 Å². The van der Waals surface area contributed by atoms with Gasteiger partial charge in [0.2, 0.25) is 0 Å². The molecule has 0 nitrogen and oxygen atoms in total. The van der Waals surface area contributed by atoms with Gasteiger partial charge < -0.3 is 0 Å². The van der Waals surface area contributed by atoms with Gasteiger partial charge in [0.05, 0.1) is 15.9 Å². The van der Waals surface area contributed by atoms with E-state index in [0.29, 0.717) is 0 Å². The molecule has 1 aromatic carbocycles. The van der Waals surface area contributed by atoms with Crippen molar-refractivity contribution in [3.63, 3.8) is 0 Å². The molecule has 0 N–H and O–H groups in total. The summed E-state index contributed by atoms with van der Waals surface area (Å²) in [5.74, 6) is 0. The van der Waals surface area contributed by atoms with Crippen molar-refractivity contribution in [2.24, 2.45) is 0 Å². The van der Waals surface area contributed by atoms with Crippen molar-refractivity contribution in [1.29, 1.82) is 0 Å². The average Bonchev–Trinajstić information content (AvgIpc) is 2.62. The lowest BCUT2D eigenvalue weighted by molar-refractivity contribution is 0.459. The van der Waals surface area contributed by atoms with Crippen molar-refractivity contribution >= 4 is 21.1 Å². The fourth-order valence-corrected chi connectivity index (χ4v) is 21.5. The van der Waals surface area contributed by atoms with Crippen LogP contribution in [0.5, 0.6) is 0 Å². The zero-order valence-corrected chi connectivity index (χ0v) is 16.8. The maximum atomic E-state index is 2.86. The van der Waals surface area contributed by atoms with Gasteiger partial charge in [-0.2, -0.15) is 0 Å². The van der Waals surface area contributed by atoms with E-state index in [9.17, 15) is 0 Å². The second-order valence-corrected chi connectivity index (χ2v) is 21.0. The molecule has 0 aromatic heterocycles. The van der Waals surface area contributed by atoms with Crippen LogP contribution in [0.1, 0.15) is 64.2 Å². The van der Waals surface area contributed by atoms with E-state index in [4.69, 9.17) is 0 Å². The first-order valence-electron chi connectivity index (χ1n) is 9.78. The van der Waals surface area contributed by atoms with E-state index in [-0.39, 0.29) is 0 Å². The van der Waals surface area contributed by atoms with Crippen molar-refractivity contribution in [1.82, 2.24) is 0 Å². The van der Waals surface area contributed by atoms with Crippen molar-refractivity contribution in [3.05, 3.63) is 30.3 Å². The van der Waals surface area contributed by atoms with E-state index in [1.54, 1.807) is 30.9 Å². The molecule has 2 fully saturated rings. The van der Waals surface area contributed by atoms with Crippen molar-refractivity contribution in [3.8, 4) is 0 Å². The summed E-state index contributed by atoms with van der Waals surface area (Å²) in [6.07, 6.45) is 15.4. The summed E-state index contributed by atoms with van der Waals surface area (Å²) in [5, 5.41) is 1.77. The van der Waals surface area contributed by atoms with Gasteiger partial charge >= 0.3 is 0 Å². The van der Waals surface area contributed by atoms with Gasteiger partial charge in [-0.25, -0.2) is 0 Å². The third-order valence-electron chi connectivity index (χ3n) is 7.20. The Hall–Kier alpha value is -0.346. The minimum atomic E-state index is -1.15. The fourth-order valence-electron chi connectivity index (χ4n) is 5.59. The van der Waals surface area contributed by atoms with E-state index in [0.717, 1.165) is 11.1 Å². The predicted octanol–water partition coefficient (Wildman–Crippen LogP) is 5.58. The van der Waals surface area contributed by atoms with Gasteiger partial charge in [0, 0.05) is 0 Å².